The van der Waals surface area contributed by atoms with Crippen LogP contribution < -0.4 is 0 Å². The fourth-order valence-electron chi connectivity index (χ4n) is 2.15. The van der Waals surface area contributed by atoms with Gasteiger partial charge in [0.05, 0.1) is 24.1 Å². The fourth-order valence-corrected chi connectivity index (χ4v) is 3.91. The molecule has 0 aromatic rings. The lowest BCUT2D eigenvalue weighted by atomic mass is 10.2. The predicted molar refractivity (Wildman–Crippen MR) is 65.7 cm³/mol. The normalized spacial score (nSPS) is 21.9. The summed E-state index contributed by atoms with van der Waals surface area (Å²) >= 11 is 0. The monoisotopic (exact) mass is 274 g/mol. The van der Waals surface area contributed by atoms with Crippen LogP contribution in [-0.2, 0) is 14.6 Å². The van der Waals surface area contributed by atoms with Crippen LogP contribution >= 0.6 is 0 Å². The lowest BCUT2D eigenvalue weighted by Gasteiger charge is -2.25. The minimum atomic E-state index is -3.00. The third-order valence-electron chi connectivity index (χ3n) is 3.05. The minimum Gasteiger partial charge on any atom is -0.480 e. The molecule has 0 saturated carbocycles. The highest BCUT2D eigenvalue weighted by Crippen LogP contribution is 2.18. The van der Waals surface area contributed by atoms with Crippen molar-refractivity contribution in [3.05, 3.63) is 0 Å². The highest BCUT2D eigenvalue weighted by molar-refractivity contribution is 7.91. The van der Waals surface area contributed by atoms with Gasteiger partial charge in [-0.2, -0.15) is 5.26 Å². The number of carboxylic acids is 1. The molecule has 0 bridgehead atoms. The first-order valence-electron chi connectivity index (χ1n) is 5.98. The summed E-state index contributed by atoms with van der Waals surface area (Å²) in [6, 6.07) is 1.85. The van der Waals surface area contributed by atoms with Crippen LogP contribution in [0, 0.1) is 11.3 Å². The lowest BCUT2D eigenvalue weighted by Crippen LogP contribution is -2.40. The molecule has 0 amide bonds. The zero-order valence-electron chi connectivity index (χ0n) is 10.2. The zero-order valence-corrected chi connectivity index (χ0v) is 11.0. The molecule has 1 aliphatic heterocycles. The van der Waals surface area contributed by atoms with Gasteiger partial charge in [-0.15, -0.1) is 0 Å². The Morgan fingerprint density at radius 3 is 2.67 bits per heavy atom. The van der Waals surface area contributed by atoms with Crippen molar-refractivity contribution >= 4 is 15.8 Å². The Morgan fingerprint density at radius 1 is 1.44 bits per heavy atom. The second-order valence-corrected chi connectivity index (χ2v) is 6.77. The number of aliphatic carboxylic acids is 1. The number of nitrogens with zero attached hydrogens (tertiary/aromatic N) is 2. The maximum atomic E-state index is 11.4. The van der Waals surface area contributed by atoms with Gasteiger partial charge in [0.15, 0.2) is 9.84 Å². The molecule has 102 valence electrons. The van der Waals surface area contributed by atoms with Gasteiger partial charge in [0.2, 0.25) is 0 Å². The van der Waals surface area contributed by atoms with Gasteiger partial charge in [0, 0.05) is 12.5 Å². The van der Waals surface area contributed by atoms with Crippen molar-refractivity contribution in [2.45, 2.75) is 31.7 Å². The summed E-state index contributed by atoms with van der Waals surface area (Å²) in [5.74, 6) is -0.746. The number of nitriles is 1. The molecule has 0 aliphatic carbocycles. The molecule has 7 heteroatoms. The average molecular weight is 274 g/mol. The molecule has 1 aliphatic rings. The molecule has 1 rings (SSSR count). The van der Waals surface area contributed by atoms with Crippen molar-refractivity contribution in [2.75, 3.05) is 24.6 Å². The summed E-state index contributed by atoms with van der Waals surface area (Å²) in [5, 5.41) is 17.3. The molecular weight excluding hydrogens is 256 g/mol. The summed E-state index contributed by atoms with van der Waals surface area (Å²) in [6.07, 6.45) is 2.39. The third-order valence-corrected chi connectivity index (χ3v) is 4.80. The summed E-state index contributed by atoms with van der Waals surface area (Å²) in [7, 11) is -3.00. The molecule has 1 N–H and O–H groups in total. The first kappa shape index (κ1) is 14.9. The van der Waals surface area contributed by atoms with E-state index in [1.807, 2.05) is 6.07 Å². The maximum Gasteiger partial charge on any atom is 0.317 e. The van der Waals surface area contributed by atoms with E-state index >= 15 is 0 Å². The number of unbranched alkanes of at least 4 members (excludes halogenated alkanes) is 2. The van der Waals surface area contributed by atoms with E-state index in [2.05, 4.69) is 0 Å². The van der Waals surface area contributed by atoms with Crippen LogP contribution in [0.15, 0.2) is 0 Å². The van der Waals surface area contributed by atoms with E-state index in [4.69, 9.17) is 10.4 Å². The van der Waals surface area contributed by atoms with Crippen molar-refractivity contribution < 1.29 is 18.3 Å². The molecule has 6 nitrogen and oxygen atoms in total. The molecular formula is C11H18N2O4S. The molecule has 0 aromatic carbocycles. The fraction of sp³-hybridized carbons (Fsp3) is 0.818. The molecule has 0 aromatic heterocycles. The molecule has 1 atom stereocenters. The van der Waals surface area contributed by atoms with E-state index in [-0.39, 0.29) is 24.1 Å². The number of carboxylic acid groups (broad SMARTS) is 1. The Kier molecular flexibility index (Phi) is 5.56. The Balaban J connectivity index is 2.51. The standard InChI is InChI=1S/C11H18N2O4S/c12-5-2-1-3-6-13(8-11(14)15)10-4-7-18(16,17)9-10/h10H,1-4,6-9H2,(H,14,15). The second-order valence-electron chi connectivity index (χ2n) is 4.54. The second kappa shape index (κ2) is 6.71. The number of rotatable bonds is 7. The summed E-state index contributed by atoms with van der Waals surface area (Å²) in [4.78, 5) is 12.5. The summed E-state index contributed by atoms with van der Waals surface area (Å²) in [5.41, 5.74) is 0. The highest BCUT2D eigenvalue weighted by Gasteiger charge is 2.32. The summed E-state index contributed by atoms with van der Waals surface area (Å²) in [6.45, 7) is 0.404. The minimum absolute atomic E-state index is 0.0541. The molecule has 1 saturated heterocycles. The molecule has 18 heavy (non-hydrogen) atoms. The topological polar surface area (TPSA) is 98.5 Å². The van der Waals surface area contributed by atoms with Crippen LogP contribution in [0.4, 0.5) is 0 Å². The van der Waals surface area contributed by atoms with Gasteiger partial charge in [-0.25, -0.2) is 8.42 Å². The van der Waals surface area contributed by atoms with Crippen molar-refractivity contribution in [1.29, 1.82) is 5.26 Å². The Labute approximate surface area is 107 Å². The highest BCUT2D eigenvalue weighted by atomic mass is 32.2. The quantitative estimate of drug-likeness (QED) is 0.668. The van der Waals surface area contributed by atoms with Crippen LogP contribution in [0.5, 0.6) is 0 Å². The van der Waals surface area contributed by atoms with E-state index in [0.29, 0.717) is 25.8 Å². The number of sulfone groups is 1. The molecule has 1 heterocycles. The van der Waals surface area contributed by atoms with Gasteiger partial charge in [-0.3, -0.25) is 9.69 Å². The van der Waals surface area contributed by atoms with Crippen molar-refractivity contribution in [2.24, 2.45) is 0 Å². The van der Waals surface area contributed by atoms with Gasteiger partial charge < -0.3 is 5.11 Å². The van der Waals surface area contributed by atoms with Gasteiger partial charge in [0.1, 0.15) is 0 Å². The van der Waals surface area contributed by atoms with Crippen LogP contribution in [-0.4, -0.2) is 55.0 Å². The Morgan fingerprint density at radius 2 is 2.17 bits per heavy atom. The average Bonchev–Trinajstić information content (AvgIpc) is 2.63. The number of carbonyl (C=O) groups is 1. The van der Waals surface area contributed by atoms with Crippen LogP contribution in [0.1, 0.15) is 25.7 Å². The first-order valence-corrected chi connectivity index (χ1v) is 7.80. The van der Waals surface area contributed by atoms with Crippen LogP contribution in [0.3, 0.4) is 0 Å². The third kappa shape index (κ3) is 5.02. The molecule has 1 unspecified atom stereocenters. The molecule has 0 spiro atoms. The number of hydrogen-bond acceptors (Lipinski definition) is 5. The number of hydrogen-bond donors (Lipinski definition) is 1. The van der Waals surface area contributed by atoms with Gasteiger partial charge in [-0.05, 0) is 25.8 Å². The first-order chi connectivity index (χ1) is 8.44. The maximum absolute atomic E-state index is 11.4. The summed E-state index contributed by atoms with van der Waals surface area (Å²) < 4.78 is 22.8. The van der Waals surface area contributed by atoms with E-state index in [0.717, 1.165) is 6.42 Å². The van der Waals surface area contributed by atoms with Crippen LogP contribution in [0.2, 0.25) is 0 Å². The zero-order chi connectivity index (χ0) is 13.6. The largest absolute Gasteiger partial charge is 0.480 e. The van der Waals surface area contributed by atoms with Gasteiger partial charge in [-0.1, -0.05) is 0 Å². The van der Waals surface area contributed by atoms with Crippen LogP contribution in [0.25, 0.3) is 0 Å². The van der Waals surface area contributed by atoms with E-state index < -0.39 is 15.8 Å². The van der Waals surface area contributed by atoms with Gasteiger partial charge >= 0.3 is 5.97 Å². The van der Waals surface area contributed by atoms with Crippen molar-refractivity contribution in [3.63, 3.8) is 0 Å². The van der Waals surface area contributed by atoms with E-state index in [9.17, 15) is 13.2 Å². The lowest BCUT2D eigenvalue weighted by molar-refractivity contribution is -0.138. The van der Waals surface area contributed by atoms with E-state index in [1.54, 1.807) is 4.90 Å². The predicted octanol–water partition coefficient (Wildman–Crippen LogP) is 0.254. The van der Waals surface area contributed by atoms with Crippen molar-refractivity contribution in [1.82, 2.24) is 4.90 Å². The molecule has 1 fully saturated rings. The molecule has 0 radical (unpaired) electrons. The Bertz CT molecular complexity index is 427. The Hall–Kier alpha value is -1.13. The smallest absolute Gasteiger partial charge is 0.317 e. The van der Waals surface area contributed by atoms with E-state index in [1.165, 1.54) is 0 Å². The van der Waals surface area contributed by atoms with Crippen molar-refractivity contribution in [3.8, 4) is 6.07 Å². The van der Waals surface area contributed by atoms with Gasteiger partial charge in [0.25, 0.3) is 0 Å². The SMILES string of the molecule is N#CCCCCN(CC(=O)O)C1CCS(=O)(=O)C1.